The van der Waals surface area contributed by atoms with Crippen molar-refractivity contribution in [3.63, 3.8) is 0 Å². The van der Waals surface area contributed by atoms with Gasteiger partial charge in [-0.1, -0.05) is 0 Å². The maximum absolute atomic E-state index is 12.4. The number of nitrogens with zero attached hydrogens (tertiary/aromatic N) is 3. The normalized spacial score (nSPS) is 21.4. The third-order valence-corrected chi connectivity index (χ3v) is 4.65. The SMILES string of the molecule is CCOC(=O)c1cnc2c(cnn2C)c1NC1CC(C)(C)OC1(C)C. The average molecular weight is 346 g/mol. The van der Waals surface area contributed by atoms with Gasteiger partial charge in [0.1, 0.15) is 5.56 Å². The molecule has 1 fully saturated rings. The number of anilines is 1. The van der Waals surface area contributed by atoms with Crippen molar-refractivity contribution in [2.45, 2.75) is 58.3 Å². The molecule has 7 heteroatoms. The van der Waals surface area contributed by atoms with Crippen LogP contribution >= 0.6 is 0 Å². The summed E-state index contributed by atoms with van der Waals surface area (Å²) in [6.07, 6.45) is 4.10. The highest BCUT2D eigenvalue weighted by molar-refractivity contribution is 6.04. The lowest BCUT2D eigenvalue weighted by Crippen LogP contribution is -2.38. The van der Waals surface area contributed by atoms with Crippen molar-refractivity contribution in [3.05, 3.63) is 18.0 Å². The maximum Gasteiger partial charge on any atom is 0.341 e. The second-order valence-electron chi connectivity index (χ2n) is 7.64. The fraction of sp³-hybridized carbons (Fsp3) is 0.611. The molecule has 0 aliphatic carbocycles. The maximum atomic E-state index is 12.4. The van der Waals surface area contributed by atoms with Gasteiger partial charge >= 0.3 is 5.97 Å². The Balaban J connectivity index is 2.07. The molecule has 1 atom stereocenters. The number of carbonyl (C=O) groups is 1. The first-order chi connectivity index (χ1) is 11.6. The number of pyridine rings is 1. The number of aromatic nitrogens is 3. The minimum Gasteiger partial charge on any atom is -0.462 e. The topological polar surface area (TPSA) is 78.3 Å². The molecule has 0 amide bonds. The summed E-state index contributed by atoms with van der Waals surface area (Å²) < 4.78 is 13.1. The zero-order chi connectivity index (χ0) is 18.4. The van der Waals surface area contributed by atoms with Crippen molar-refractivity contribution in [2.75, 3.05) is 11.9 Å². The van der Waals surface area contributed by atoms with Gasteiger partial charge in [-0.05, 0) is 41.0 Å². The van der Waals surface area contributed by atoms with Gasteiger partial charge in [-0.15, -0.1) is 0 Å². The van der Waals surface area contributed by atoms with Crippen molar-refractivity contribution < 1.29 is 14.3 Å². The predicted octanol–water partition coefficient (Wildman–Crippen LogP) is 2.90. The third-order valence-electron chi connectivity index (χ3n) is 4.65. The van der Waals surface area contributed by atoms with Crippen LogP contribution in [0.5, 0.6) is 0 Å². The van der Waals surface area contributed by atoms with Crippen molar-refractivity contribution in [3.8, 4) is 0 Å². The lowest BCUT2D eigenvalue weighted by atomic mass is 9.94. The standard InChI is InChI=1S/C18H26N4O3/c1-7-24-16(23)12-9-19-15-11(10-20-22(15)6)14(12)21-13-8-17(2,3)25-18(13,4)5/h9-10,13H,7-8H2,1-6H3,(H,19,21). The average Bonchev–Trinajstić information content (AvgIpc) is 2.96. The molecule has 136 valence electrons. The van der Waals surface area contributed by atoms with E-state index in [1.54, 1.807) is 24.0 Å². The Morgan fingerprint density at radius 1 is 1.40 bits per heavy atom. The van der Waals surface area contributed by atoms with Gasteiger partial charge in [0.2, 0.25) is 0 Å². The first-order valence-corrected chi connectivity index (χ1v) is 8.59. The number of ether oxygens (including phenoxy) is 2. The van der Waals surface area contributed by atoms with Crippen LogP contribution < -0.4 is 5.32 Å². The van der Waals surface area contributed by atoms with Crippen molar-refractivity contribution in [2.24, 2.45) is 7.05 Å². The summed E-state index contributed by atoms with van der Waals surface area (Å²) in [5.41, 5.74) is 1.24. The first kappa shape index (κ1) is 17.7. The van der Waals surface area contributed by atoms with E-state index < -0.39 is 0 Å². The summed E-state index contributed by atoms with van der Waals surface area (Å²) in [4.78, 5) is 16.8. The van der Waals surface area contributed by atoms with Crippen molar-refractivity contribution in [1.29, 1.82) is 0 Å². The van der Waals surface area contributed by atoms with E-state index >= 15 is 0 Å². The molecule has 1 saturated heterocycles. The number of esters is 1. The Kier molecular flexibility index (Phi) is 4.23. The fourth-order valence-corrected chi connectivity index (χ4v) is 3.58. The second kappa shape index (κ2) is 5.98. The van der Waals surface area contributed by atoms with Gasteiger partial charge in [-0.3, -0.25) is 4.68 Å². The minimum absolute atomic E-state index is 0.0430. The smallest absolute Gasteiger partial charge is 0.341 e. The van der Waals surface area contributed by atoms with Gasteiger partial charge in [0, 0.05) is 13.2 Å². The summed E-state index contributed by atoms with van der Waals surface area (Å²) in [6.45, 7) is 10.4. The summed E-state index contributed by atoms with van der Waals surface area (Å²) in [7, 11) is 1.83. The molecule has 0 radical (unpaired) electrons. The first-order valence-electron chi connectivity index (χ1n) is 8.59. The number of hydrogen-bond acceptors (Lipinski definition) is 6. The number of nitrogens with one attached hydrogen (secondary N) is 1. The molecule has 1 N–H and O–H groups in total. The molecule has 0 aromatic carbocycles. The van der Waals surface area contributed by atoms with Crippen LogP contribution in [0.3, 0.4) is 0 Å². The molecule has 1 aliphatic heterocycles. The summed E-state index contributed by atoms with van der Waals surface area (Å²) in [6, 6.07) is 0.0430. The molecule has 0 bridgehead atoms. The van der Waals surface area contributed by atoms with E-state index in [0.717, 1.165) is 11.8 Å². The summed E-state index contributed by atoms with van der Waals surface area (Å²) in [5.74, 6) is -0.390. The summed E-state index contributed by atoms with van der Waals surface area (Å²) in [5, 5.41) is 8.60. The fourth-order valence-electron chi connectivity index (χ4n) is 3.58. The Morgan fingerprint density at radius 2 is 2.12 bits per heavy atom. The van der Waals surface area contributed by atoms with Gasteiger partial charge in [0.25, 0.3) is 0 Å². The quantitative estimate of drug-likeness (QED) is 0.858. The van der Waals surface area contributed by atoms with E-state index in [1.807, 2.05) is 7.05 Å². The second-order valence-corrected chi connectivity index (χ2v) is 7.64. The molecule has 3 heterocycles. The Hall–Kier alpha value is -2.15. The van der Waals surface area contributed by atoms with Crippen LogP contribution in [0, 0.1) is 0 Å². The lowest BCUT2D eigenvalue weighted by molar-refractivity contribution is -0.0662. The van der Waals surface area contributed by atoms with E-state index in [0.29, 0.717) is 23.5 Å². The Labute approximate surface area is 147 Å². The molecule has 1 unspecified atom stereocenters. The van der Waals surface area contributed by atoms with Crippen molar-refractivity contribution >= 4 is 22.7 Å². The largest absolute Gasteiger partial charge is 0.462 e. The molecule has 0 spiro atoms. The van der Waals surface area contributed by atoms with E-state index in [1.165, 1.54) is 0 Å². The van der Waals surface area contributed by atoms with Crippen molar-refractivity contribution in [1.82, 2.24) is 14.8 Å². The molecule has 25 heavy (non-hydrogen) atoms. The highest BCUT2D eigenvalue weighted by Crippen LogP contribution is 2.40. The summed E-state index contributed by atoms with van der Waals surface area (Å²) >= 11 is 0. The molecule has 1 aliphatic rings. The molecule has 7 nitrogen and oxygen atoms in total. The third kappa shape index (κ3) is 3.20. The predicted molar refractivity (Wildman–Crippen MR) is 95.7 cm³/mol. The lowest BCUT2D eigenvalue weighted by Gasteiger charge is -2.29. The van der Waals surface area contributed by atoms with Gasteiger partial charge in [0.15, 0.2) is 5.65 Å². The van der Waals surface area contributed by atoms with Crippen LogP contribution in [-0.4, -0.2) is 44.6 Å². The molecule has 3 rings (SSSR count). The monoisotopic (exact) mass is 346 g/mol. The van der Waals surface area contributed by atoms with E-state index in [9.17, 15) is 4.79 Å². The molecule has 2 aromatic rings. The number of carbonyl (C=O) groups excluding carboxylic acids is 1. The number of fused-ring (bicyclic) bond motifs is 1. The molecule has 0 saturated carbocycles. The highest BCUT2D eigenvalue weighted by Gasteiger charge is 2.46. The number of hydrogen-bond donors (Lipinski definition) is 1. The molecular weight excluding hydrogens is 320 g/mol. The van der Waals surface area contributed by atoms with Crippen LogP contribution in [0.2, 0.25) is 0 Å². The van der Waals surface area contributed by atoms with Gasteiger partial charge in [-0.2, -0.15) is 5.10 Å². The Bertz CT molecular complexity index is 810. The van der Waals surface area contributed by atoms with Crippen LogP contribution in [0.4, 0.5) is 5.69 Å². The molecular formula is C18H26N4O3. The van der Waals surface area contributed by atoms with Gasteiger partial charge in [-0.25, -0.2) is 9.78 Å². The minimum atomic E-state index is -0.390. The van der Waals surface area contributed by atoms with E-state index in [2.05, 4.69) is 43.1 Å². The van der Waals surface area contributed by atoms with Crippen LogP contribution in [0.15, 0.2) is 12.4 Å². The Morgan fingerprint density at radius 3 is 2.72 bits per heavy atom. The van der Waals surface area contributed by atoms with Crippen LogP contribution in [0.1, 0.15) is 51.4 Å². The highest BCUT2D eigenvalue weighted by atomic mass is 16.5. The zero-order valence-electron chi connectivity index (χ0n) is 15.7. The van der Waals surface area contributed by atoms with Crippen LogP contribution in [0.25, 0.3) is 11.0 Å². The van der Waals surface area contributed by atoms with E-state index in [4.69, 9.17) is 9.47 Å². The molecule has 2 aromatic heterocycles. The zero-order valence-corrected chi connectivity index (χ0v) is 15.7. The van der Waals surface area contributed by atoms with Gasteiger partial charge in [0.05, 0.1) is 41.1 Å². The number of rotatable bonds is 4. The van der Waals surface area contributed by atoms with E-state index in [-0.39, 0.29) is 23.2 Å². The van der Waals surface area contributed by atoms with Crippen LogP contribution in [-0.2, 0) is 16.5 Å². The van der Waals surface area contributed by atoms with Gasteiger partial charge < -0.3 is 14.8 Å². The number of aryl methyl sites for hydroxylation is 1.